The SMILES string of the molecule is OC(c1cncc(F)c1)c1ccc2cc(Br)ccc2c1. The molecule has 0 amide bonds. The second-order valence-corrected chi connectivity index (χ2v) is 5.51. The highest BCUT2D eigenvalue weighted by molar-refractivity contribution is 9.10. The maximum absolute atomic E-state index is 13.2. The van der Waals surface area contributed by atoms with Gasteiger partial charge in [-0.3, -0.25) is 4.98 Å². The molecule has 100 valence electrons. The van der Waals surface area contributed by atoms with E-state index in [1.54, 1.807) is 0 Å². The smallest absolute Gasteiger partial charge is 0.141 e. The van der Waals surface area contributed by atoms with E-state index in [4.69, 9.17) is 0 Å². The summed E-state index contributed by atoms with van der Waals surface area (Å²) in [5.74, 6) is -0.453. The van der Waals surface area contributed by atoms with Gasteiger partial charge in [-0.1, -0.05) is 34.1 Å². The first kappa shape index (κ1) is 13.2. The van der Waals surface area contributed by atoms with Crippen LogP contribution in [0.25, 0.3) is 10.8 Å². The summed E-state index contributed by atoms with van der Waals surface area (Å²) in [5.41, 5.74) is 1.16. The van der Waals surface area contributed by atoms with Crippen molar-refractivity contribution in [2.24, 2.45) is 0 Å². The van der Waals surface area contributed by atoms with Crippen LogP contribution in [0.1, 0.15) is 17.2 Å². The molecule has 0 fully saturated rings. The molecule has 1 unspecified atom stereocenters. The first-order chi connectivity index (χ1) is 9.63. The zero-order valence-corrected chi connectivity index (χ0v) is 12.0. The third-order valence-electron chi connectivity index (χ3n) is 3.18. The van der Waals surface area contributed by atoms with Crippen molar-refractivity contribution in [2.75, 3.05) is 0 Å². The summed E-state index contributed by atoms with van der Waals surface area (Å²) >= 11 is 3.43. The van der Waals surface area contributed by atoms with Crippen LogP contribution in [0.15, 0.2) is 59.3 Å². The van der Waals surface area contributed by atoms with Crippen molar-refractivity contribution in [1.29, 1.82) is 0 Å². The van der Waals surface area contributed by atoms with Crippen LogP contribution in [0.3, 0.4) is 0 Å². The molecule has 1 aromatic heterocycles. The number of nitrogens with zero attached hydrogens (tertiary/aromatic N) is 1. The van der Waals surface area contributed by atoms with Crippen molar-refractivity contribution in [3.05, 3.63) is 76.3 Å². The molecular formula is C16H11BrFNO. The molecule has 0 bridgehead atoms. The fraction of sp³-hybridized carbons (Fsp3) is 0.0625. The summed E-state index contributed by atoms with van der Waals surface area (Å²) in [6, 6.07) is 12.9. The van der Waals surface area contributed by atoms with Gasteiger partial charge in [-0.15, -0.1) is 0 Å². The Bertz CT molecular complexity index is 775. The van der Waals surface area contributed by atoms with E-state index < -0.39 is 11.9 Å². The van der Waals surface area contributed by atoms with Crippen molar-refractivity contribution >= 4 is 26.7 Å². The first-order valence-electron chi connectivity index (χ1n) is 6.11. The number of halogens is 2. The zero-order valence-electron chi connectivity index (χ0n) is 10.4. The van der Waals surface area contributed by atoms with Gasteiger partial charge >= 0.3 is 0 Å². The van der Waals surface area contributed by atoms with E-state index in [1.165, 1.54) is 12.3 Å². The molecule has 0 aliphatic heterocycles. The molecule has 4 heteroatoms. The van der Waals surface area contributed by atoms with Crippen molar-refractivity contribution in [1.82, 2.24) is 4.98 Å². The topological polar surface area (TPSA) is 33.1 Å². The Morgan fingerprint density at radius 3 is 2.50 bits per heavy atom. The van der Waals surface area contributed by atoms with Crippen molar-refractivity contribution in [2.45, 2.75) is 6.10 Å². The van der Waals surface area contributed by atoms with Gasteiger partial charge in [0, 0.05) is 16.2 Å². The van der Waals surface area contributed by atoms with Crippen LogP contribution in [0.4, 0.5) is 4.39 Å². The number of pyridine rings is 1. The molecular weight excluding hydrogens is 321 g/mol. The van der Waals surface area contributed by atoms with Gasteiger partial charge in [-0.25, -0.2) is 4.39 Å². The zero-order chi connectivity index (χ0) is 14.1. The molecule has 0 aliphatic carbocycles. The van der Waals surface area contributed by atoms with Crippen molar-refractivity contribution < 1.29 is 9.50 Å². The number of rotatable bonds is 2. The highest BCUT2D eigenvalue weighted by Crippen LogP contribution is 2.27. The third-order valence-corrected chi connectivity index (χ3v) is 3.68. The molecule has 1 heterocycles. The summed E-state index contributed by atoms with van der Waals surface area (Å²) < 4.78 is 14.2. The van der Waals surface area contributed by atoms with Crippen LogP contribution in [-0.4, -0.2) is 10.1 Å². The summed E-state index contributed by atoms with van der Waals surface area (Å²) in [5, 5.41) is 12.4. The van der Waals surface area contributed by atoms with Crippen molar-refractivity contribution in [3.63, 3.8) is 0 Å². The number of hydrogen-bond donors (Lipinski definition) is 1. The van der Waals surface area contributed by atoms with E-state index in [0.717, 1.165) is 21.4 Å². The Morgan fingerprint density at radius 1 is 0.950 bits per heavy atom. The minimum atomic E-state index is -0.883. The number of aromatic nitrogens is 1. The maximum Gasteiger partial charge on any atom is 0.141 e. The van der Waals surface area contributed by atoms with Gasteiger partial charge in [-0.05, 0) is 40.6 Å². The van der Waals surface area contributed by atoms with E-state index in [9.17, 15) is 9.50 Å². The summed E-state index contributed by atoms with van der Waals surface area (Å²) in [6.07, 6.45) is 1.71. The molecule has 0 saturated heterocycles. The lowest BCUT2D eigenvalue weighted by atomic mass is 9.99. The van der Waals surface area contributed by atoms with Crippen LogP contribution in [-0.2, 0) is 0 Å². The highest BCUT2D eigenvalue weighted by Gasteiger charge is 2.12. The van der Waals surface area contributed by atoms with Gasteiger partial charge in [0.2, 0.25) is 0 Å². The first-order valence-corrected chi connectivity index (χ1v) is 6.90. The van der Waals surface area contributed by atoms with E-state index in [-0.39, 0.29) is 0 Å². The molecule has 2 aromatic carbocycles. The largest absolute Gasteiger partial charge is 0.384 e. The van der Waals surface area contributed by atoms with Crippen molar-refractivity contribution in [3.8, 4) is 0 Å². The van der Waals surface area contributed by atoms with Gasteiger partial charge < -0.3 is 5.11 Å². The Hall–Kier alpha value is -1.78. The quantitative estimate of drug-likeness (QED) is 0.762. The number of aliphatic hydroxyl groups is 1. The number of fused-ring (bicyclic) bond motifs is 1. The molecule has 0 saturated carbocycles. The third kappa shape index (κ3) is 2.57. The average molecular weight is 332 g/mol. The number of hydrogen-bond acceptors (Lipinski definition) is 2. The lowest BCUT2D eigenvalue weighted by molar-refractivity contribution is 0.219. The number of aliphatic hydroxyl groups excluding tert-OH is 1. The van der Waals surface area contributed by atoms with E-state index in [1.807, 2.05) is 36.4 Å². The molecule has 3 rings (SSSR count). The fourth-order valence-corrected chi connectivity index (χ4v) is 2.55. The summed E-state index contributed by atoms with van der Waals surface area (Å²) in [7, 11) is 0. The maximum atomic E-state index is 13.2. The second-order valence-electron chi connectivity index (χ2n) is 4.59. The predicted molar refractivity (Wildman–Crippen MR) is 79.9 cm³/mol. The monoisotopic (exact) mass is 331 g/mol. The van der Waals surface area contributed by atoms with Gasteiger partial charge in [0.25, 0.3) is 0 Å². The average Bonchev–Trinajstić information content (AvgIpc) is 2.46. The van der Waals surface area contributed by atoms with Gasteiger partial charge in [0.1, 0.15) is 11.9 Å². The van der Waals surface area contributed by atoms with Gasteiger partial charge in [0.05, 0.1) is 6.20 Å². The lowest BCUT2D eigenvalue weighted by Crippen LogP contribution is -2.00. The Balaban J connectivity index is 2.03. The van der Waals surface area contributed by atoms with Crippen LogP contribution in [0.2, 0.25) is 0 Å². The van der Waals surface area contributed by atoms with Crippen LogP contribution in [0, 0.1) is 5.82 Å². The summed E-state index contributed by atoms with van der Waals surface area (Å²) in [4.78, 5) is 3.76. The predicted octanol–water partition coefficient (Wildman–Crippen LogP) is 4.22. The van der Waals surface area contributed by atoms with Gasteiger partial charge in [0.15, 0.2) is 0 Å². The number of benzene rings is 2. The Morgan fingerprint density at radius 2 is 1.70 bits per heavy atom. The molecule has 1 atom stereocenters. The van der Waals surface area contributed by atoms with E-state index in [0.29, 0.717) is 11.1 Å². The van der Waals surface area contributed by atoms with Crippen LogP contribution in [0.5, 0.6) is 0 Å². The Kier molecular flexibility index (Phi) is 3.51. The molecule has 20 heavy (non-hydrogen) atoms. The highest BCUT2D eigenvalue weighted by atomic mass is 79.9. The van der Waals surface area contributed by atoms with Crippen LogP contribution < -0.4 is 0 Å². The molecule has 3 aromatic rings. The van der Waals surface area contributed by atoms with Gasteiger partial charge in [-0.2, -0.15) is 0 Å². The molecule has 2 nitrogen and oxygen atoms in total. The fourth-order valence-electron chi connectivity index (χ4n) is 2.18. The standard InChI is InChI=1S/C16H11BrFNO/c17-14-4-3-10-5-12(2-1-11(10)6-14)16(20)13-7-15(18)9-19-8-13/h1-9,16,20H. The molecule has 0 spiro atoms. The van der Waals surface area contributed by atoms with E-state index in [2.05, 4.69) is 20.9 Å². The van der Waals surface area contributed by atoms with Crippen LogP contribution >= 0.6 is 15.9 Å². The molecule has 0 radical (unpaired) electrons. The Labute approximate surface area is 124 Å². The summed E-state index contributed by atoms with van der Waals surface area (Å²) in [6.45, 7) is 0. The molecule has 1 N–H and O–H groups in total. The minimum absolute atomic E-state index is 0.446. The molecule has 0 aliphatic rings. The van der Waals surface area contributed by atoms with E-state index >= 15 is 0 Å². The lowest BCUT2D eigenvalue weighted by Gasteiger charge is -2.12. The second kappa shape index (κ2) is 5.31. The normalized spacial score (nSPS) is 12.6. The minimum Gasteiger partial charge on any atom is -0.384 e.